The third-order valence-electron chi connectivity index (χ3n) is 4.18. The molecule has 0 spiro atoms. The molecule has 0 aromatic heterocycles. The summed E-state index contributed by atoms with van der Waals surface area (Å²) in [6, 6.07) is 9.76. The number of rotatable bonds is 9. The van der Waals surface area contributed by atoms with Gasteiger partial charge in [-0.15, -0.1) is 0 Å². The van der Waals surface area contributed by atoms with E-state index in [0.29, 0.717) is 52.0 Å². The average molecular weight is 335 g/mol. The fraction of sp³-hybridized carbons (Fsp3) is 0.556. The molecule has 0 radical (unpaired) electrons. The van der Waals surface area contributed by atoms with Crippen molar-refractivity contribution in [1.29, 1.82) is 0 Å². The van der Waals surface area contributed by atoms with Gasteiger partial charge in [0.2, 0.25) is 0 Å². The highest BCUT2D eigenvalue weighted by Crippen LogP contribution is 2.27. The monoisotopic (exact) mass is 335 g/mol. The predicted octanol–water partition coefficient (Wildman–Crippen LogP) is 2.12. The molecule has 0 aliphatic carbocycles. The Kier molecular flexibility index (Phi) is 7.21. The minimum Gasteiger partial charge on any atom is -0.481 e. The molecule has 1 aliphatic rings. The van der Waals surface area contributed by atoms with Crippen LogP contribution in [0.4, 0.5) is 0 Å². The van der Waals surface area contributed by atoms with Gasteiger partial charge in [0.25, 0.3) is 5.91 Å². The van der Waals surface area contributed by atoms with Crippen LogP contribution in [0.2, 0.25) is 0 Å². The normalized spacial score (nSPS) is 16.5. The molecule has 1 saturated heterocycles. The quantitative estimate of drug-likeness (QED) is 0.675. The lowest BCUT2D eigenvalue weighted by Crippen LogP contribution is -2.52. The lowest BCUT2D eigenvalue weighted by molar-refractivity contribution is -0.163. The molecule has 1 fully saturated rings. The van der Waals surface area contributed by atoms with Crippen molar-refractivity contribution in [2.75, 3.05) is 19.8 Å². The van der Waals surface area contributed by atoms with E-state index >= 15 is 0 Å². The number of benzene rings is 1. The molecule has 6 nitrogen and oxygen atoms in total. The Morgan fingerprint density at radius 1 is 1.17 bits per heavy atom. The van der Waals surface area contributed by atoms with Crippen molar-refractivity contribution in [2.45, 2.75) is 44.3 Å². The summed E-state index contributed by atoms with van der Waals surface area (Å²) < 4.78 is 11.4. The molecule has 1 heterocycles. The van der Waals surface area contributed by atoms with Crippen molar-refractivity contribution in [1.82, 2.24) is 5.32 Å². The van der Waals surface area contributed by atoms with Crippen LogP contribution in [0.15, 0.2) is 30.3 Å². The zero-order valence-corrected chi connectivity index (χ0v) is 13.8. The number of unbranched alkanes of at least 4 members (excludes halogenated alkanes) is 1. The van der Waals surface area contributed by atoms with Crippen molar-refractivity contribution < 1.29 is 24.2 Å². The maximum atomic E-state index is 12.6. The van der Waals surface area contributed by atoms with Gasteiger partial charge in [-0.1, -0.05) is 30.3 Å². The molecule has 0 bridgehead atoms. The van der Waals surface area contributed by atoms with E-state index in [-0.39, 0.29) is 12.3 Å². The highest BCUT2D eigenvalue weighted by atomic mass is 16.5. The summed E-state index contributed by atoms with van der Waals surface area (Å²) in [5, 5.41) is 11.5. The second-order valence-electron chi connectivity index (χ2n) is 5.99. The number of carbonyl (C=O) groups is 2. The number of carbonyl (C=O) groups excluding carboxylic acids is 1. The Hall–Kier alpha value is -1.92. The molecule has 1 aromatic rings. The molecule has 1 aliphatic heterocycles. The van der Waals surface area contributed by atoms with Crippen LogP contribution < -0.4 is 5.32 Å². The third-order valence-corrected chi connectivity index (χ3v) is 4.18. The minimum absolute atomic E-state index is 0.124. The molecular weight excluding hydrogens is 310 g/mol. The van der Waals surface area contributed by atoms with Crippen molar-refractivity contribution in [3.63, 3.8) is 0 Å². The standard InChI is InChI=1S/C18H25NO5/c20-16(21)8-4-5-11-19-17(22)18(9-12-23-13-10-18)24-14-15-6-2-1-3-7-15/h1-3,6-7H,4-5,8-14H2,(H,19,22)(H,20,21). The van der Waals surface area contributed by atoms with Crippen LogP contribution in [0.25, 0.3) is 0 Å². The van der Waals surface area contributed by atoms with E-state index in [1.165, 1.54) is 0 Å². The Balaban J connectivity index is 1.86. The number of hydrogen-bond acceptors (Lipinski definition) is 4. The van der Waals surface area contributed by atoms with Crippen LogP contribution in [-0.4, -0.2) is 42.3 Å². The Morgan fingerprint density at radius 3 is 2.54 bits per heavy atom. The summed E-state index contributed by atoms with van der Waals surface area (Å²) in [6.45, 7) is 1.85. The van der Waals surface area contributed by atoms with Crippen LogP contribution in [-0.2, 0) is 25.7 Å². The molecule has 0 atom stereocenters. The SMILES string of the molecule is O=C(O)CCCCNC(=O)C1(OCc2ccccc2)CCOCC1. The number of carboxylic acids is 1. The molecule has 1 amide bonds. The number of ether oxygens (including phenoxy) is 2. The van der Waals surface area contributed by atoms with Crippen molar-refractivity contribution in [3.05, 3.63) is 35.9 Å². The fourth-order valence-electron chi connectivity index (χ4n) is 2.70. The molecular formula is C18H25NO5. The van der Waals surface area contributed by atoms with Gasteiger partial charge in [0, 0.05) is 39.0 Å². The van der Waals surface area contributed by atoms with Crippen molar-refractivity contribution in [2.24, 2.45) is 0 Å². The lowest BCUT2D eigenvalue weighted by Gasteiger charge is -2.35. The number of amides is 1. The van der Waals surface area contributed by atoms with Crippen LogP contribution in [0.1, 0.15) is 37.7 Å². The predicted molar refractivity (Wildman–Crippen MR) is 88.5 cm³/mol. The Labute approximate surface area is 142 Å². The second kappa shape index (κ2) is 9.39. The summed E-state index contributed by atoms with van der Waals surface area (Å²) in [5.41, 5.74) is 0.165. The van der Waals surface area contributed by atoms with Gasteiger partial charge in [-0.05, 0) is 18.4 Å². The average Bonchev–Trinajstić information content (AvgIpc) is 2.61. The zero-order valence-electron chi connectivity index (χ0n) is 13.8. The Bertz CT molecular complexity index is 525. The van der Waals surface area contributed by atoms with Gasteiger partial charge in [0.05, 0.1) is 6.61 Å². The van der Waals surface area contributed by atoms with Crippen LogP contribution >= 0.6 is 0 Å². The summed E-state index contributed by atoms with van der Waals surface area (Å²) in [6.07, 6.45) is 2.38. The smallest absolute Gasteiger partial charge is 0.303 e. The van der Waals surface area contributed by atoms with Gasteiger partial charge in [-0.3, -0.25) is 9.59 Å². The van der Waals surface area contributed by atoms with Gasteiger partial charge in [0.15, 0.2) is 5.60 Å². The number of aliphatic carboxylic acids is 1. The zero-order chi connectivity index (χ0) is 17.3. The van der Waals surface area contributed by atoms with E-state index in [1.807, 2.05) is 30.3 Å². The van der Waals surface area contributed by atoms with Gasteiger partial charge >= 0.3 is 5.97 Å². The molecule has 2 rings (SSSR count). The summed E-state index contributed by atoms with van der Waals surface area (Å²) >= 11 is 0. The number of hydrogen-bond donors (Lipinski definition) is 2. The Morgan fingerprint density at radius 2 is 1.88 bits per heavy atom. The van der Waals surface area contributed by atoms with E-state index in [4.69, 9.17) is 14.6 Å². The van der Waals surface area contributed by atoms with Crippen LogP contribution in [0, 0.1) is 0 Å². The van der Waals surface area contributed by atoms with E-state index in [2.05, 4.69) is 5.32 Å². The molecule has 0 saturated carbocycles. The molecule has 24 heavy (non-hydrogen) atoms. The first kappa shape index (κ1) is 18.4. The second-order valence-corrected chi connectivity index (χ2v) is 5.99. The van der Waals surface area contributed by atoms with Crippen LogP contribution in [0.5, 0.6) is 0 Å². The van der Waals surface area contributed by atoms with E-state index in [9.17, 15) is 9.59 Å². The topological polar surface area (TPSA) is 84.9 Å². The summed E-state index contributed by atoms with van der Waals surface area (Å²) in [7, 11) is 0. The third kappa shape index (κ3) is 5.62. The molecule has 132 valence electrons. The number of nitrogens with one attached hydrogen (secondary N) is 1. The van der Waals surface area contributed by atoms with Gasteiger partial charge in [0.1, 0.15) is 0 Å². The van der Waals surface area contributed by atoms with Crippen molar-refractivity contribution >= 4 is 11.9 Å². The van der Waals surface area contributed by atoms with Gasteiger partial charge in [-0.25, -0.2) is 0 Å². The van der Waals surface area contributed by atoms with E-state index in [0.717, 1.165) is 5.56 Å². The molecule has 0 unspecified atom stereocenters. The van der Waals surface area contributed by atoms with Crippen LogP contribution in [0.3, 0.4) is 0 Å². The van der Waals surface area contributed by atoms with Gasteiger partial charge in [-0.2, -0.15) is 0 Å². The first-order chi connectivity index (χ1) is 11.6. The largest absolute Gasteiger partial charge is 0.481 e. The minimum atomic E-state index is -0.860. The summed E-state index contributed by atoms with van der Waals surface area (Å²) in [5.74, 6) is -0.939. The summed E-state index contributed by atoms with van der Waals surface area (Å²) in [4.78, 5) is 23.1. The van der Waals surface area contributed by atoms with E-state index in [1.54, 1.807) is 0 Å². The van der Waals surface area contributed by atoms with Crippen molar-refractivity contribution in [3.8, 4) is 0 Å². The highest BCUT2D eigenvalue weighted by molar-refractivity contribution is 5.85. The maximum Gasteiger partial charge on any atom is 0.303 e. The molecule has 6 heteroatoms. The highest BCUT2D eigenvalue weighted by Gasteiger charge is 2.41. The van der Waals surface area contributed by atoms with Gasteiger partial charge < -0.3 is 19.9 Å². The molecule has 1 aromatic carbocycles. The lowest BCUT2D eigenvalue weighted by atomic mass is 9.92. The number of carboxylic acid groups (broad SMARTS) is 1. The molecule has 2 N–H and O–H groups in total. The first-order valence-corrected chi connectivity index (χ1v) is 8.38. The van der Waals surface area contributed by atoms with E-state index < -0.39 is 11.6 Å². The first-order valence-electron chi connectivity index (χ1n) is 8.38. The maximum absolute atomic E-state index is 12.6. The fourth-order valence-corrected chi connectivity index (χ4v) is 2.70.